The highest BCUT2D eigenvalue weighted by atomic mass is 16.2. The minimum absolute atomic E-state index is 0.0848. The number of rotatable bonds is 1. The van der Waals surface area contributed by atoms with Gasteiger partial charge in [0.15, 0.2) is 0 Å². The van der Waals surface area contributed by atoms with Gasteiger partial charge in [0.05, 0.1) is 0 Å². The van der Waals surface area contributed by atoms with E-state index < -0.39 is 0 Å². The fourth-order valence-corrected chi connectivity index (χ4v) is 2.51. The Balaban J connectivity index is 2.08. The molecule has 4 heteroatoms. The van der Waals surface area contributed by atoms with E-state index in [1.165, 1.54) is 0 Å². The van der Waals surface area contributed by atoms with E-state index in [9.17, 15) is 9.59 Å². The Morgan fingerprint density at radius 3 is 2.60 bits per heavy atom. The quantitative estimate of drug-likeness (QED) is 0.650. The van der Waals surface area contributed by atoms with Crippen LogP contribution in [0.15, 0.2) is 0 Å². The lowest BCUT2D eigenvalue weighted by atomic mass is 9.84. The summed E-state index contributed by atoms with van der Waals surface area (Å²) in [6, 6.07) is 0.227. The summed E-state index contributed by atoms with van der Waals surface area (Å²) in [7, 11) is 1.82. The molecule has 1 heterocycles. The van der Waals surface area contributed by atoms with Crippen LogP contribution in [0.25, 0.3) is 0 Å². The van der Waals surface area contributed by atoms with E-state index in [4.69, 9.17) is 0 Å². The molecule has 0 N–H and O–H groups in total. The highest BCUT2D eigenvalue weighted by molar-refractivity contribution is 5.82. The molecule has 84 valence electrons. The maximum absolute atomic E-state index is 11.8. The van der Waals surface area contributed by atoms with Gasteiger partial charge in [0.1, 0.15) is 5.78 Å². The number of Topliss-reactive ketones (excluding diaryl/α,β-unsaturated/α-hetero) is 1. The van der Waals surface area contributed by atoms with Gasteiger partial charge in [0.2, 0.25) is 0 Å². The van der Waals surface area contributed by atoms with Gasteiger partial charge in [-0.3, -0.25) is 4.79 Å². The van der Waals surface area contributed by atoms with Crippen molar-refractivity contribution < 1.29 is 9.59 Å². The first-order valence-electron chi connectivity index (χ1n) is 5.63. The molecule has 15 heavy (non-hydrogen) atoms. The van der Waals surface area contributed by atoms with Gasteiger partial charge in [-0.25, -0.2) is 4.79 Å². The third kappa shape index (κ3) is 1.85. The van der Waals surface area contributed by atoms with Crippen molar-refractivity contribution in [1.29, 1.82) is 0 Å². The second-order valence-electron chi connectivity index (χ2n) is 4.72. The van der Waals surface area contributed by atoms with Gasteiger partial charge >= 0.3 is 6.03 Å². The summed E-state index contributed by atoms with van der Waals surface area (Å²) < 4.78 is 0. The van der Waals surface area contributed by atoms with E-state index in [0.29, 0.717) is 24.5 Å². The highest BCUT2D eigenvalue weighted by Gasteiger charge is 2.37. The van der Waals surface area contributed by atoms with Crippen LogP contribution >= 0.6 is 0 Å². The van der Waals surface area contributed by atoms with Crippen LogP contribution in [-0.2, 0) is 4.79 Å². The summed E-state index contributed by atoms with van der Waals surface area (Å²) in [5.74, 6) is 0.763. The van der Waals surface area contributed by atoms with E-state index in [-0.39, 0.29) is 12.1 Å². The minimum Gasteiger partial charge on any atom is -0.326 e. The van der Waals surface area contributed by atoms with Crippen LogP contribution in [0.1, 0.15) is 26.2 Å². The lowest BCUT2D eigenvalue weighted by Gasteiger charge is -2.34. The summed E-state index contributed by atoms with van der Waals surface area (Å²) in [4.78, 5) is 26.8. The molecule has 1 aliphatic heterocycles. The summed E-state index contributed by atoms with van der Waals surface area (Å²) in [6.45, 7) is 3.70. The molecule has 0 aromatic carbocycles. The van der Waals surface area contributed by atoms with Gasteiger partial charge in [-0.05, 0) is 12.3 Å². The van der Waals surface area contributed by atoms with Crippen LogP contribution in [0.3, 0.4) is 0 Å². The fraction of sp³-hybridized carbons (Fsp3) is 0.818. The molecule has 0 spiro atoms. The van der Waals surface area contributed by atoms with Crippen molar-refractivity contribution in [3.8, 4) is 0 Å². The molecule has 2 rings (SSSR count). The molecule has 4 nitrogen and oxygen atoms in total. The smallest absolute Gasteiger partial charge is 0.320 e. The second kappa shape index (κ2) is 3.83. The lowest BCUT2D eigenvalue weighted by molar-refractivity contribution is -0.122. The van der Waals surface area contributed by atoms with Crippen molar-refractivity contribution in [2.24, 2.45) is 5.92 Å². The van der Waals surface area contributed by atoms with Crippen molar-refractivity contribution in [1.82, 2.24) is 9.80 Å². The Bertz CT molecular complexity index is 290. The molecule has 2 amide bonds. The molecular weight excluding hydrogens is 192 g/mol. The normalized spacial score (nSPS) is 32.7. The molecule has 0 aromatic heterocycles. The Morgan fingerprint density at radius 1 is 1.27 bits per heavy atom. The number of hydrogen-bond acceptors (Lipinski definition) is 2. The number of hydrogen-bond donors (Lipinski definition) is 0. The molecule has 2 atom stereocenters. The fourth-order valence-electron chi connectivity index (χ4n) is 2.51. The number of carbonyl (C=O) groups is 2. The molecule has 1 saturated heterocycles. The molecule has 1 saturated carbocycles. The van der Waals surface area contributed by atoms with Crippen LogP contribution in [-0.4, -0.2) is 47.8 Å². The standard InChI is InChI=1S/C11H18N2O2/c1-8-3-4-9(14)7-10(8)13-6-5-12(2)11(13)15/h8,10H,3-7H2,1-2H3. The third-order valence-corrected chi connectivity index (χ3v) is 3.62. The summed E-state index contributed by atoms with van der Waals surface area (Å²) >= 11 is 0. The largest absolute Gasteiger partial charge is 0.326 e. The summed E-state index contributed by atoms with van der Waals surface area (Å²) in [6.07, 6.45) is 2.17. The first kappa shape index (κ1) is 10.5. The Hall–Kier alpha value is -1.06. The molecule has 2 unspecified atom stereocenters. The zero-order valence-electron chi connectivity index (χ0n) is 9.40. The zero-order chi connectivity index (χ0) is 11.0. The SMILES string of the molecule is CC1CCC(=O)CC1N1CCN(C)C1=O. The first-order chi connectivity index (χ1) is 7.09. The van der Waals surface area contributed by atoms with Gasteiger partial charge in [0, 0.05) is 39.0 Å². The number of likely N-dealkylation sites (N-methyl/N-ethyl adjacent to an activating group) is 1. The molecule has 0 bridgehead atoms. The first-order valence-corrected chi connectivity index (χ1v) is 5.63. The molecule has 0 aromatic rings. The zero-order valence-corrected chi connectivity index (χ0v) is 9.40. The van der Waals surface area contributed by atoms with Gasteiger partial charge < -0.3 is 9.80 Å². The van der Waals surface area contributed by atoms with E-state index in [1.54, 1.807) is 4.90 Å². The third-order valence-electron chi connectivity index (χ3n) is 3.62. The van der Waals surface area contributed by atoms with Crippen molar-refractivity contribution in [2.75, 3.05) is 20.1 Å². The average molecular weight is 210 g/mol. The van der Waals surface area contributed by atoms with Gasteiger partial charge in [-0.15, -0.1) is 0 Å². The van der Waals surface area contributed by atoms with Crippen LogP contribution in [0.2, 0.25) is 0 Å². The van der Waals surface area contributed by atoms with Crippen molar-refractivity contribution >= 4 is 11.8 Å². The van der Waals surface area contributed by atoms with Gasteiger partial charge in [-0.1, -0.05) is 6.92 Å². The van der Waals surface area contributed by atoms with E-state index in [1.807, 2.05) is 11.9 Å². The van der Waals surface area contributed by atoms with E-state index in [2.05, 4.69) is 6.92 Å². The molecule has 0 radical (unpaired) electrons. The highest BCUT2D eigenvalue weighted by Crippen LogP contribution is 2.28. The van der Waals surface area contributed by atoms with Crippen LogP contribution in [0, 0.1) is 5.92 Å². The molecular formula is C11H18N2O2. The minimum atomic E-state index is 0.0848. The van der Waals surface area contributed by atoms with Crippen molar-refractivity contribution in [3.63, 3.8) is 0 Å². The Morgan fingerprint density at radius 2 is 2.00 bits per heavy atom. The summed E-state index contributed by atoms with van der Waals surface area (Å²) in [5, 5.41) is 0. The Kier molecular flexibility index (Phi) is 2.67. The number of ketones is 1. The second-order valence-corrected chi connectivity index (χ2v) is 4.72. The van der Waals surface area contributed by atoms with Gasteiger partial charge in [0.25, 0.3) is 0 Å². The number of amides is 2. The topological polar surface area (TPSA) is 40.6 Å². The predicted octanol–water partition coefficient (Wildman–Crippen LogP) is 1.11. The molecule has 2 aliphatic rings. The van der Waals surface area contributed by atoms with E-state index >= 15 is 0 Å². The van der Waals surface area contributed by atoms with Crippen LogP contribution in [0.4, 0.5) is 4.79 Å². The average Bonchev–Trinajstić information content (AvgIpc) is 2.52. The molecule has 1 aliphatic carbocycles. The summed E-state index contributed by atoms with van der Waals surface area (Å²) in [5.41, 5.74) is 0. The van der Waals surface area contributed by atoms with Crippen molar-refractivity contribution in [2.45, 2.75) is 32.2 Å². The maximum atomic E-state index is 11.8. The van der Waals surface area contributed by atoms with Crippen LogP contribution in [0.5, 0.6) is 0 Å². The van der Waals surface area contributed by atoms with Gasteiger partial charge in [-0.2, -0.15) is 0 Å². The number of urea groups is 1. The lowest BCUT2D eigenvalue weighted by Crippen LogP contribution is -2.45. The number of nitrogens with zero attached hydrogens (tertiary/aromatic N) is 2. The Labute approximate surface area is 90.2 Å². The van der Waals surface area contributed by atoms with E-state index in [0.717, 1.165) is 19.5 Å². The predicted molar refractivity (Wildman–Crippen MR) is 56.5 cm³/mol. The van der Waals surface area contributed by atoms with Crippen LogP contribution < -0.4 is 0 Å². The maximum Gasteiger partial charge on any atom is 0.320 e. The monoisotopic (exact) mass is 210 g/mol. The van der Waals surface area contributed by atoms with Crippen molar-refractivity contribution in [3.05, 3.63) is 0 Å². The molecule has 2 fully saturated rings. The number of carbonyl (C=O) groups excluding carboxylic acids is 2.